The second-order valence-electron chi connectivity index (χ2n) is 5.52. The van der Waals surface area contributed by atoms with Gasteiger partial charge < -0.3 is 17.8 Å². The summed E-state index contributed by atoms with van der Waals surface area (Å²) in [5, 5.41) is 0. The van der Waals surface area contributed by atoms with Crippen molar-refractivity contribution in [3.63, 3.8) is 0 Å². The van der Waals surface area contributed by atoms with E-state index in [9.17, 15) is 0 Å². The van der Waals surface area contributed by atoms with Crippen LogP contribution in [0.3, 0.4) is 0 Å². The average molecular weight is 341 g/mol. The van der Waals surface area contributed by atoms with Crippen LogP contribution in [0.4, 0.5) is 0 Å². The number of nitrogens with zero attached hydrogens (tertiary/aromatic N) is 2. The molecule has 0 aromatic rings. The number of hydrogen-bond donors (Lipinski definition) is 2. The van der Waals surface area contributed by atoms with Crippen molar-refractivity contribution >= 4 is 35.0 Å². The Morgan fingerprint density at radius 1 is 1.00 bits per heavy atom. The van der Waals surface area contributed by atoms with Crippen molar-refractivity contribution in [2.24, 2.45) is 0 Å². The van der Waals surface area contributed by atoms with E-state index in [4.69, 9.17) is 0 Å². The third-order valence-corrected chi connectivity index (χ3v) is 23.6. The van der Waals surface area contributed by atoms with Crippen LogP contribution in [0, 0.1) is 0 Å². The fourth-order valence-electron chi connectivity index (χ4n) is 2.57. The first-order valence-electron chi connectivity index (χ1n) is 6.82. The SMILES string of the molecule is C=C[SiH]1N[SiH](C=C)N(C)[Si](C)(C=C)N(C)[Si](C)(C=C)N1. The molecule has 1 rings (SSSR count). The van der Waals surface area contributed by atoms with Gasteiger partial charge in [-0.15, -0.1) is 26.3 Å². The van der Waals surface area contributed by atoms with E-state index < -0.39 is 35.0 Å². The van der Waals surface area contributed by atoms with Crippen LogP contribution in [0.15, 0.2) is 49.1 Å². The van der Waals surface area contributed by atoms with Gasteiger partial charge in [-0.1, -0.05) is 22.8 Å². The normalized spacial score (nSPS) is 40.4. The zero-order valence-electron chi connectivity index (χ0n) is 13.2. The van der Waals surface area contributed by atoms with Gasteiger partial charge in [0.1, 0.15) is 0 Å². The van der Waals surface area contributed by atoms with Crippen molar-refractivity contribution in [3.05, 3.63) is 49.1 Å². The van der Waals surface area contributed by atoms with Crippen LogP contribution >= 0.6 is 0 Å². The molecule has 0 saturated carbocycles. The lowest BCUT2D eigenvalue weighted by Gasteiger charge is -2.53. The minimum Gasteiger partial charge on any atom is -0.334 e. The van der Waals surface area contributed by atoms with E-state index in [2.05, 4.69) is 94.1 Å². The molecule has 1 heterocycles. The number of hydrogen-bond acceptors (Lipinski definition) is 4. The third-order valence-electron chi connectivity index (χ3n) is 4.55. The molecule has 2 N–H and O–H groups in total. The van der Waals surface area contributed by atoms with Crippen molar-refractivity contribution in [1.29, 1.82) is 0 Å². The topological polar surface area (TPSA) is 30.5 Å². The van der Waals surface area contributed by atoms with Crippen molar-refractivity contribution in [2.45, 2.75) is 13.1 Å². The van der Waals surface area contributed by atoms with Crippen molar-refractivity contribution in [1.82, 2.24) is 17.8 Å². The molecule has 4 unspecified atom stereocenters. The summed E-state index contributed by atoms with van der Waals surface area (Å²) < 4.78 is 12.8. The minimum atomic E-state index is -1.91. The maximum absolute atomic E-state index is 4.13. The molecule has 4 nitrogen and oxygen atoms in total. The van der Waals surface area contributed by atoms with Gasteiger partial charge in [0.05, 0.1) is 0 Å². The molecule has 1 saturated heterocycles. The molecule has 0 amide bonds. The highest BCUT2D eigenvalue weighted by Gasteiger charge is 2.48. The fraction of sp³-hybridized carbons (Fsp3) is 0.333. The van der Waals surface area contributed by atoms with Gasteiger partial charge in [0.15, 0.2) is 9.12 Å². The van der Waals surface area contributed by atoms with Gasteiger partial charge in [0.2, 0.25) is 25.9 Å². The molecule has 0 radical (unpaired) electrons. The average Bonchev–Trinajstić information content (AvgIpc) is 2.47. The molecule has 1 aliphatic rings. The van der Waals surface area contributed by atoms with E-state index >= 15 is 0 Å². The summed E-state index contributed by atoms with van der Waals surface area (Å²) in [5.74, 6) is 0. The largest absolute Gasteiger partial charge is 0.334 e. The Labute approximate surface area is 129 Å². The lowest BCUT2D eigenvalue weighted by molar-refractivity contribution is 0.626. The molecular weight excluding hydrogens is 313 g/mol. The van der Waals surface area contributed by atoms with Crippen LogP contribution in [0.25, 0.3) is 0 Å². The maximum Gasteiger partial charge on any atom is 0.217 e. The summed E-state index contributed by atoms with van der Waals surface area (Å²) in [7, 11) is -2.16. The predicted octanol–water partition coefficient (Wildman–Crippen LogP) is 0.529. The zero-order chi connectivity index (χ0) is 15.6. The number of rotatable bonds is 4. The van der Waals surface area contributed by atoms with Gasteiger partial charge in [-0.3, -0.25) is 0 Å². The Balaban J connectivity index is 3.35. The molecule has 4 atom stereocenters. The van der Waals surface area contributed by atoms with E-state index in [0.29, 0.717) is 0 Å². The van der Waals surface area contributed by atoms with Gasteiger partial charge >= 0.3 is 0 Å². The summed E-state index contributed by atoms with van der Waals surface area (Å²) in [4.78, 5) is 0. The van der Waals surface area contributed by atoms with Gasteiger partial charge in [-0.2, -0.15) is 0 Å². The quantitative estimate of drug-likeness (QED) is 0.731. The molecule has 0 aromatic carbocycles. The van der Waals surface area contributed by atoms with Crippen molar-refractivity contribution < 1.29 is 0 Å². The number of nitrogens with one attached hydrogen (secondary N) is 2. The molecule has 20 heavy (non-hydrogen) atoms. The van der Waals surface area contributed by atoms with Gasteiger partial charge in [-0.05, 0) is 27.2 Å². The highest BCUT2D eigenvalue weighted by Crippen LogP contribution is 2.22. The van der Waals surface area contributed by atoms with E-state index in [-0.39, 0.29) is 0 Å². The van der Waals surface area contributed by atoms with Crippen molar-refractivity contribution in [2.75, 3.05) is 14.1 Å². The second kappa shape index (κ2) is 6.62. The van der Waals surface area contributed by atoms with Crippen LogP contribution in [-0.2, 0) is 0 Å². The van der Waals surface area contributed by atoms with Crippen LogP contribution in [0.1, 0.15) is 0 Å². The van der Waals surface area contributed by atoms with E-state index in [1.807, 2.05) is 0 Å². The standard InChI is InChI=1S/C12H28N4Si4/c1-9-17-13-18(10-2)15(5)20(8,12-4)16(6)19(7,11-3)14-17/h9-14,17-18H,1-4H2,5-8H3. The lowest BCUT2D eigenvalue weighted by Crippen LogP contribution is -2.82. The Bertz CT molecular complexity index is 418. The monoisotopic (exact) mass is 340 g/mol. The molecule has 0 aliphatic carbocycles. The van der Waals surface area contributed by atoms with Crippen LogP contribution in [0.2, 0.25) is 13.1 Å². The molecule has 8 heteroatoms. The summed E-state index contributed by atoms with van der Waals surface area (Å²) in [6, 6.07) is 0. The molecule has 0 bridgehead atoms. The second-order valence-corrected chi connectivity index (χ2v) is 19.9. The minimum absolute atomic E-state index is 1.39. The Kier molecular flexibility index (Phi) is 5.87. The highest BCUT2D eigenvalue weighted by atomic mass is 28.5. The maximum atomic E-state index is 4.13. The van der Waals surface area contributed by atoms with Crippen LogP contribution in [-0.4, -0.2) is 57.6 Å². The van der Waals surface area contributed by atoms with Gasteiger partial charge in [-0.25, -0.2) is 0 Å². The summed E-state index contributed by atoms with van der Waals surface area (Å²) in [6.45, 7) is 20.9. The lowest BCUT2D eigenvalue weighted by atomic mass is 11.3. The first-order valence-corrected chi connectivity index (χ1v) is 15.4. The van der Waals surface area contributed by atoms with E-state index in [0.717, 1.165) is 0 Å². The molecule has 1 aliphatic heterocycles. The first kappa shape index (κ1) is 17.7. The van der Waals surface area contributed by atoms with Crippen LogP contribution in [0.5, 0.6) is 0 Å². The molecule has 1 fully saturated rings. The smallest absolute Gasteiger partial charge is 0.217 e. The Morgan fingerprint density at radius 3 is 2.00 bits per heavy atom. The fourth-order valence-corrected chi connectivity index (χ4v) is 22.8. The van der Waals surface area contributed by atoms with E-state index in [1.165, 1.54) is 0 Å². The Morgan fingerprint density at radius 2 is 1.60 bits per heavy atom. The summed E-state index contributed by atoms with van der Waals surface area (Å²) in [5.41, 5.74) is 8.45. The summed E-state index contributed by atoms with van der Waals surface area (Å²) >= 11 is 0. The first-order chi connectivity index (χ1) is 9.28. The molecule has 0 aromatic heterocycles. The van der Waals surface area contributed by atoms with Gasteiger partial charge in [0, 0.05) is 0 Å². The van der Waals surface area contributed by atoms with Gasteiger partial charge in [0.25, 0.3) is 0 Å². The van der Waals surface area contributed by atoms with Crippen LogP contribution < -0.4 is 9.30 Å². The molecular formula is C12H28N4Si4. The van der Waals surface area contributed by atoms with Crippen molar-refractivity contribution in [3.8, 4) is 0 Å². The highest BCUT2D eigenvalue weighted by molar-refractivity contribution is 7.02. The van der Waals surface area contributed by atoms with E-state index in [1.54, 1.807) is 0 Å². The zero-order valence-corrected chi connectivity index (χ0v) is 17.5. The Hall–Kier alpha value is -0.332. The molecule has 112 valence electrons. The predicted molar refractivity (Wildman–Crippen MR) is 100 cm³/mol. The molecule has 0 spiro atoms. The third kappa shape index (κ3) is 2.97. The summed E-state index contributed by atoms with van der Waals surface area (Å²) in [6.07, 6.45) is 0.